The first kappa shape index (κ1) is 23.2. The van der Waals surface area contributed by atoms with Crippen molar-refractivity contribution in [2.24, 2.45) is 0 Å². The van der Waals surface area contributed by atoms with E-state index >= 15 is 4.39 Å². The van der Waals surface area contributed by atoms with E-state index in [1.165, 1.54) is 18.2 Å². The smallest absolute Gasteiger partial charge is 0.242 e. The third-order valence-corrected chi connectivity index (χ3v) is 6.98. The van der Waals surface area contributed by atoms with Crippen LogP contribution in [0.15, 0.2) is 24.3 Å². The maximum absolute atomic E-state index is 16.2. The molecule has 1 atom stereocenters. The van der Waals surface area contributed by atoms with Gasteiger partial charge in [-0.3, -0.25) is 4.79 Å². The summed E-state index contributed by atoms with van der Waals surface area (Å²) in [5.74, 6) is -1.12. The quantitative estimate of drug-likeness (QED) is 0.592. The SMILES string of the molecule is Cc1cc2c(N3CCNC(=O)C3C)nc(N3CC(N(C)C)C3)nc2c(F)c1-c1c(O)cccc1F. The van der Waals surface area contributed by atoms with Crippen LogP contribution in [0.2, 0.25) is 0 Å². The molecule has 10 heteroatoms. The van der Waals surface area contributed by atoms with Crippen LogP contribution in [0.25, 0.3) is 22.0 Å². The van der Waals surface area contributed by atoms with Gasteiger partial charge in [0, 0.05) is 43.2 Å². The van der Waals surface area contributed by atoms with Crippen LogP contribution in [-0.2, 0) is 4.79 Å². The lowest BCUT2D eigenvalue weighted by Crippen LogP contribution is -2.58. The summed E-state index contributed by atoms with van der Waals surface area (Å²) in [6.45, 7) is 5.76. The number of halogens is 2. The number of phenolic OH excluding ortho intramolecular Hbond substituents is 1. The fraction of sp³-hybridized carbons (Fsp3) is 0.400. The molecule has 184 valence electrons. The molecule has 1 aromatic heterocycles. The molecule has 0 aliphatic carbocycles. The van der Waals surface area contributed by atoms with Crippen LogP contribution < -0.4 is 15.1 Å². The van der Waals surface area contributed by atoms with Gasteiger partial charge in [-0.05, 0) is 51.7 Å². The molecule has 2 saturated heterocycles. The summed E-state index contributed by atoms with van der Waals surface area (Å²) in [4.78, 5) is 27.7. The van der Waals surface area contributed by atoms with Gasteiger partial charge in [0.05, 0.1) is 5.56 Å². The number of aromatic nitrogens is 2. The number of hydrogen-bond donors (Lipinski definition) is 2. The molecule has 2 aliphatic rings. The summed E-state index contributed by atoms with van der Waals surface area (Å²) < 4.78 is 30.9. The first-order valence-electron chi connectivity index (χ1n) is 11.6. The number of benzene rings is 2. The van der Waals surface area contributed by atoms with Crippen molar-refractivity contribution in [1.29, 1.82) is 0 Å². The molecule has 2 fully saturated rings. The van der Waals surface area contributed by atoms with Gasteiger partial charge in [-0.25, -0.2) is 13.8 Å². The molecule has 5 rings (SSSR count). The number of fused-ring (bicyclic) bond motifs is 1. The molecule has 8 nitrogen and oxygen atoms in total. The van der Waals surface area contributed by atoms with E-state index in [0.717, 1.165) is 0 Å². The predicted molar refractivity (Wildman–Crippen MR) is 131 cm³/mol. The number of carbonyl (C=O) groups is 1. The number of piperazine rings is 1. The minimum absolute atomic E-state index is 0.0275. The monoisotopic (exact) mass is 482 g/mol. The molecule has 1 unspecified atom stereocenters. The van der Waals surface area contributed by atoms with Crippen LogP contribution in [0.5, 0.6) is 5.75 Å². The van der Waals surface area contributed by atoms with Crippen molar-refractivity contribution < 1.29 is 18.7 Å². The highest BCUT2D eigenvalue weighted by molar-refractivity contribution is 5.98. The summed E-state index contributed by atoms with van der Waals surface area (Å²) in [5, 5.41) is 13.6. The minimum atomic E-state index is -0.732. The van der Waals surface area contributed by atoms with E-state index in [1.54, 1.807) is 19.9 Å². The molecule has 2 N–H and O–H groups in total. The first-order chi connectivity index (χ1) is 16.7. The van der Waals surface area contributed by atoms with Crippen LogP contribution in [0.4, 0.5) is 20.5 Å². The molecular formula is C25H28F2N6O2. The van der Waals surface area contributed by atoms with Gasteiger partial charge in [0.1, 0.15) is 28.9 Å². The van der Waals surface area contributed by atoms with E-state index in [4.69, 9.17) is 4.98 Å². The van der Waals surface area contributed by atoms with E-state index in [1.807, 2.05) is 23.9 Å². The number of anilines is 2. The molecule has 0 bridgehead atoms. The Labute approximate surface area is 202 Å². The maximum atomic E-state index is 16.2. The highest BCUT2D eigenvalue weighted by Crippen LogP contribution is 2.41. The van der Waals surface area contributed by atoms with Crippen molar-refractivity contribution in [2.75, 3.05) is 50.1 Å². The fourth-order valence-corrected chi connectivity index (χ4v) is 4.77. The molecule has 0 spiro atoms. The van der Waals surface area contributed by atoms with Gasteiger partial charge in [0.15, 0.2) is 5.82 Å². The normalized spacial score (nSPS) is 18.8. The van der Waals surface area contributed by atoms with Gasteiger partial charge in [-0.15, -0.1) is 0 Å². The van der Waals surface area contributed by atoms with Gasteiger partial charge < -0.3 is 25.1 Å². The second-order valence-electron chi connectivity index (χ2n) is 9.44. The van der Waals surface area contributed by atoms with Crippen molar-refractivity contribution in [3.8, 4) is 16.9 Å². The minimum Gasteiger partial charge on any atom is -0.507 e. The first-order valence-corrected chi connectivity index (χ1v) is 11.6. The second-order valence-corrected chi connectivity index (χ2v) is 9.44. The van der Waals surface area contributed by atoms with E-state index in [-0.39, 0.29) is 28.3 Å². The summed E-state index contributed by atoms with van der Waals surface area (Å²) in [7, 11) is 4.00. The van der Waals surface area contributed by atoms with Crippen LogP contribution in [0.3, 0.4) is 0 Å². The summed E-state index contributed by atoms with van der Waals surface area (Å²) >= 11 is 0. The lowest BCUT2D eigenvalue weighted by molar-refractivity contribution is -0.122. The van der Waals surface area contributed by atoms with E-state index in [0.29, 0.717) is 54.9 Å². The molecule has 35 heavy (non-hydrogen) atoms. The predicted octanol–water partition coefficient (Wildman–Crippen LogP) is 2.66. The average molecular weight is 483 g/mol. The van der Waals surface area contributed by atoms with Crippen molar-refractivity contribution in [2.45, 2.75) is 25.9 Å². The van der Waals surface area contributed by atoms with E-state index < -0.39 is 17.7 Å². The Hall–Kier alpha value is -3.53. The molecule has 3 aromatic rings. The number of aromatic hydroxyl groups is 1. The zero-order valence-corrected chi connectivity index (χ0v) is 20.1. The third kappa shape index (κ3) is 3.81. The number of carbonyl (C=O) groups excluding carboxylic acids is 1. The largest absolute Gasteiger partial charge is 0.507 e. The zero-order chi connectivity index (χ0) is 25.0. The molecular weight excluding hydrogens is 454 g/mol. The van der Waals surface area contributed by atoms with Crippen LogP contribution in [0, 0.1) is 18.6 Å². The zero-order valence-electron chi connectivity index (χ0n) is 20.1. The summed E-state index contributed by atoms with van der Waals surface area (Å²) in [6, 6.07) is 5.41. The Morgan fingerprint density at radius 2 is 1.91 bits per heavy atom. The Bertz CT molecular complexity index is 1310. The maximum Gasteiger partial charge on any atom is 0.242 e. The van der Waals surface area contributed by atoms with Crippen molar-refractivity contribution in [1.82, 2.24) is 20.2 Å². The highest BCUT2D eigenvalue weighted by Gasteiger charge is 2.34. The van der Waals surface area contributed by atoms with E-state index in [2.05, 4.69) is 15.2 Å². The van der Waals surface area contributed by atoms with Gasteiger partial charge in [-0.2, -0.15) is 4.98 Å². The number of aryl methyl sites for hydroxylation is 1. The number of hydrogen-bond acceptors (Lipinski definition) is 7. The van der Waals surface area contributed by atoms with Crippen LogP contribution >= 0.6 is 0 Å². The van der Waals surface area contributed by atoms with Gasteiger partial charge in [0.2, 0.25) is 11.9 Å². The number of amides is 1. The molecule has 2 aromatic carbocycles. The standard InChI is InChI=1S/C25H28F2N6O2/c1-13-10-16-22(21(27)19(13)20-17(26)6-5-7-18(20)34)29-25(32-11-15(12-32)31(3)4)30-23(16)33-9-8-28-24(35)14(33)2/h5-7,10,14-15,34H,8-9,11-12H2,1-4H3,(H,28,35). The number of phenols is 1. The van der Waals surface area contributed by atoms with Gasteiger partial charge in [-0.1, -0.05) is 6.07 Å². The molecule has 3 heterocycles. The van der Waals surface area contributed by atoms with Crippen LogP contribution in [0.1, 0.15) is 12.5 Å². The molecule has 0 radical (unpaired) electrons. The third-order valence-electron chi connectivity index (χ3n) is 6.98. The second kappa shape index (κ2) is 8.60. The van der Waals surface area contributed by atoms with Gasteiger partial charge >= 0.3 is 0 Å². The van der Waals surface area contributed by atoms with Crippen molar-refractivity contribution >= 4 is 28.6 Å². The highest BCUT2D eigenvalue weighted by atomic mass is 19.1. The topological polar surface area (TPSA) is 84.8 Å². The van der Waals surface area contributed by atoms with Crippen LogP contribution in [-0.4, -0.2) is 78.2 Å². The lowest BCUT2D eigenvalue weighted by atomic mass is 9.96. The fourth-order valence-electron chi connectivity index (χ4n) is 4.77. The number of nitrogens with zero attached hydrogens (tertiary/aromatic N) is 5. The Morgan fingerprint density at radius 3 is 2.60 bits per heavy atom. The molecule has 2 aliphatic heterocycles. The number of rotatable bonds is 4. The number of likely N-dealkylation sites (N-methyl/N-ethyl adjacent to an activating group) is 1. The van der Waals surface area contributed by atoms with Crippen molar-refractivity contribution in [3.05, 3.63) is 41.5 Å². The van der Waals surface area contributed by atoms with E-state index in [9.17, 15) is 14.3 Å². The number of nitrogens with one attached hydrogen (secondary N) is 1. The van der Waals surface area contributed by atoms with Crippen molar-refractivity contribution in [3.63, 3.8) is 0 Å². The molecule has 1 amide bonds. The summed E-state index contributed by atoms with van der Waals surface area (Å²) in [6.07, 6.45) is 0. The Balaban J connectivity index is 1.73. The average Bonchev–Trinajstić information content (AvgIpc) is 2.76. The Morgan fingerprint density at radius 1 is 1.17 bits per heavy atom. The lowest BCUT2D eigenvalue weighted by Gasteiger charge is -2.43. The Kier molecular flexibility index (Phi) is 5.71. The molecule has 0 saturated carbocycles. The summed E-state index contributed by atoms with van der Waals surface area (Å²) in [5.41, 5.74) is 0.217. The van der Waals surface area contributed by atoms with Gasteiger partial charge in [0.25, 0.3) is 0 Å².